The topological polar surface area (TPSA) is 84.9 Å². The lowest BCUT2D eigenvalue weighted by Gasteiger charge is -2.28. The minimum Gasteiger partial charge on any atom is -0.493 e. The molecular weight excluding hydrogens is 475 g/mol. The number of alkyl halides is 3. The number of hydrogen-bond donors (Lipinski definition) is 2. The first kappa shape index (κ1) is 25.1. The van der Waals surface area contributed by atoms with Crippen molar-refractivity contribution in [3.8, 4) is 5.75 Å². The van der Waals surface area contributed by atoms with E-state index in [2.05, 4.69) is 5.32 Å². The smallest absolute Gasteiger partial charge is 0.493 e. The summed E-state index contributed by atoms with van der Waals surface area (Å²) in [5, 5.41) is 11.8. The van der Waals surface area contributed by atoms with E-state index >= 15 is 0 Å². The van der Waals surface area contributed by atoms with Gasteiger partial charge in [-0.15, -0.1) is 0 Å². The fraction of sp³-hybridized carbons (Fsp3) is 0.259. The molecule has 6 nitrogen and oxygen atoms in total. The Morgan fingerprint density at radius 1 is 1.00 bits per heavy atom. The molecule has 0 aromatic heterocycles. The predicted molar refractivity (Wildman–Crippen MR) is 125 cm³/mol. The number of benzene rings is 3. The van der Waals surface area contributed by atoms with E-state index < -0.39 is 35.3 Å². The van der Waals surface area contributed by atoms with Crippen molar-refractivity contribution in [2.24, 2.45) is 0 Å². The molecule has 0 aliphatic heterocycles. The highest BCUT2D eigenvalue weighted by Crippen LogP contribution is 2.37. The Morgan fingerprint density at radius 3 is 2.31 bits per heavy atom. The van der Waals surface area contributed by atoms with E-state index in [9.17, 15) is 27.9 Å². The van der Waals surface area contributed by atoms with Gasteiger partial charge in [0.25, 0.3) is 5.91 Å². The zero-order valence-corrected chi connectivity index (χ0v) is 19.4. The molecule has 0 saturated heterocycles. The zero-order chi connectivity index (χ0) is 25.9. The maximum atomic E-state index is 13.6. The van der Waals surface area contributed by atoms with Gasteiger partial charge in [-0.25, -0.2) is 4.79 Å². The average molecular weight is 499 g/mol. The highest BCUT2D eigenvalue weighted by molar-refractivity contribution is 5.95. The van der Waals surface area contributed by atoms with Gasteiger partial charge in [-0.1, -0.05) is 54.1 Å². The third-order valence-electron chi connectivity index (χ3n) is 5.97. The Labute approximate surface area is 205 Å². The Hall–Kier alpha value is -4.01. The molecule has 3 aromatic rings. The second-order valence-electron chi connectivity index (χ2n) is 8.73. The second kappa shape index (κ2) is 9.93. The van der Waals surface area contributed by atoms with Crippen molar-refractivity contribution in [2.45, 2.75) is 38.1 Å². The van der Waals surface area contributed by atoms with E-state index in [1.165, 1.54) is 0 Å². The monoisotopic (exact) mass is 499 g/mol. The van der Waals surface area contributed by atoms with Crippen molar-refractivity contribution in [2.75, 3.05) is 6.61 Å². The highest BCUT2D eigenvalue weighted by atomic mass is 19.4. The third kappa shape index (κ3) is 5.79. The van der Waals surface area contributed by atoms with Crippen molar-refractivity contribution < 1.29 is 37.3 Å². The number of ether oxygens (including phenoxy) is 2. The molecule has 0 atom stereocenters. The molecule has 36 heavy (non-hydrogen) atoms. The van der Waals surface area contributed by atoms with Crippen LogP contribution in [0.25, 0.3) is 0 Å². The molecule has 188 valence electrons. The van der Waals surface area contributed by atoms with E-state index in [-0.39, 0.29) is 25.0 Å². The van der Waals surface area contributed by atoms with Crippen LogP contribution in [-0.4, -0.2) is 29.5 Å². The van der Waals surface area contributed by atoms with E-state index in [1.807, 2.05) is 31.2 Å². The summed E-state index contributed by atoms with van der Waals surface area (Å²) >= 11 is 0. The molecule has 3 aromatic carbocycles. The molecule has 2 N–H and O–H groups in total. The van der Waals surface area contributed by atoms with Gasteiger partial charge >= 0.3 is 12.3 Å². The maximum absolute atomic E-state index is 13.6. The van der Waals surface area contributed by atoms with Crippen molar-refractivity contribution in [3.05, 3.63) is 100 Å². The van der Waals surface area contributed by atoms with Crippen molar-refractivity contribution in [1.29, 1.82) is 0 Å². The Kier molecular flexibility index (Phi) is 6.92. The van der Waals surface area contributed by atoms with Crippen LogP contribution in [0.3, 0.4) is 0 Å². The van der Waals surface area contributed by atoms with Gasteiger partial charge in [-0.3, -0.25) is 4.79 Å². The van der Waals surface area contributed by atoms with Crippen LogP contribution >= 0.6 is 0 Å². The van der Waals surface area contributed by atoms with Crippen molar-refractivity contribution in [3.63, 3.8) is 0 Å². The van der Waals surface area contributed by atoms with Crippen LogP contribution in [0.1, 0.15) is 38.2 Å². The molecule has 0 radical (unpaired) electrons. The van der Waals surface area contributed by atoms with Gasteiger partial charge in [0.1, 0.15) is 5.75 Å². The number of carbonyl (C=O) groups is 2. The first-order chi connectivity index (χ1) is 17.0. The number of hydrogen-bond acceptors (Lipinski definition) is 4. The van der Waals surface area contributed by atoms with Gasteiger partial charge in [0.05, 0.1) is 12.2 Å². The normalized spacial score (nSPS) is 14.1. The molecule has 0 spiro atoms. The molecule has 0 bridgehead atoms. The van der Waals surface area contributed by atoms with Crippen molar-refractivity contribution >= 4 is 12.1 Å². The van der Waals surface area contributed by atoms with Gasteiger partial charge in [0.2, 0.25) is 0 Å². The lowest BCUT2D eigenvalue weighted by Crippen LogP contribution is -2.52. The zero-order valence-electron chi connectivity index (χ0n) is 19.4. The molecule has 9 heteroatoms. The van der Waals surface area contributed by atoms with Crippen molar-refractivity contribution in [1.82, 2.24) is 5.32 Å². The van der Waals surface area contributed by atoms with E-state index in [0.29, 0.717) is 6.42 Å². The van der Waals surface area contributed by atoms with Crippen LogP contribution in [0, 0.1) is 6.92 Å². The Morgan fingerprint density at radius 2 is 1.69 bits per heavy atom. The Bertz CT molecular complexity index is 1260. The molecule has 0 unspecified atom stereocenters. The predicted octanol–water partition coefficient (Wildman–Crippen LogP) is 5.55. The molecule has 0 saturated carbocycles. The number of nitrogens with one attached hydrogen (secondary N) is 1. The minimum atomic E-state index is -4.69. The lowest BCUT2D eigenvalue weighted by molar-refractivity contribution is -0.139. The molecule has 0 heterocycles. The minimum absolute atomic E-state index is 0.0288. The van der Waals surface area contributed by atoms with Crippen LogP contribution in [0.15, 0.2) is 66.7 Å². The summed E-state index contributed by atoms with van der Waals surface area (Å²) in [7, 11) is 0. The summed E-state index contributed by atoms with van der Waals surface area (Å²) in [6.07, 6.45) is -5.68. The fourth-order valence-corrected chi connectivity index (χ4v) is 4.38. The Balaban J connectivity index is 1.55. The number of carbonyl (C=O) groups excluding carboxylic acids is 1. The standard InChI is InChI=1S/C27H24F3NO5/c1-17-5-4-6-18(13-17)11-12-35-23-14-19(9-10-22(23)27(28,29)30)24(32)31-26(36-25(33)34)15-20-7-2-3-8-21(20)16-26/h2-10,13-14H,11-12,15-16H2,1H3,(H,31,32)(H,33,34). The van der Waals surface area contributed by atoms with E-state index in [1.54, 1.807) is 24.3 Å². The molecule has 1 aliphatic rings. The maximum Gasteiger partial charge on any atom is 0.507 e. The molecule has 0 fully saturated rings. The van der Waals surface area contributed by atoms with Gasteiger partial charge in [-0.05, 0) is 41.8 Å². The summed E-state index contributed by atoms with van der Waals surface area (Å²) in [5.41, 5.74) is 0.866. The largest absolute Gasteiger partial charge is 0.507 e. The quantitative estimate of drug-likeness (QED) is 0.329. The SMILES string of the molecule is Cc1cccc(CCOc2cc(C(=O)NC3(OC(=O)O)Cc4ccccc4C3)ccc2C(F)(F)F)c1. The number of carboxylic acid groups (broad SMARTS) is 1. The first-order valence-electron chi connectivity index (χ1n) is 11.3. The van der Waals surface area contributed by atoms with E-state index in [4.69, 9.17) is 9.47 Å². The molecule has 1 aliphatic carbocycles. The second-order valence-corrected chi connectivity index (χ2v) is 8.73. The highest BCUT2D eigenvalue weighted by Gasteiger charge is 2.43. The van der Waals surface area contributed by atoms with Crippen LogP contribution in [-0.2, 0) is 30.2 Å². The first-order valence-corrected chi connectivity index (χ1v) is 11.3. The van der Waals surface area contributed by atoms with Crippen LogP contribution in [0.4, 0.5) is 18.0 Å². The summed E-state index contributed by atoms with van der Waals surface area (Å²) in [6, 6.07) is 17.5. The van der Waals surface area contributed by atoms with Crippen LogP contribution < -0.4 is 10.1 Å². The number of halogens is 3. The lowest BCUT2D eigenvalue weighted by atomic mass is 10.1. The van der Waals surface area contributed by atoms with Crippen LogP contribution in [0.2, 0.25) is 0 Å². The third-order valence-corrected chi connectivity index (χ3v) is 5.97. The number of amides is 1. The van der Waals surface area contributed by atoms with E-state index in [0.717, 1.165) is 40.5 Å². The molecule has 4 rings (SSSR count). The average Bonchev–Trinajstić information content (AvgIpc) is 3.15. The summed E-state index contributed by atoms with van der Waals surface area (Å²) in [6.45, 7) is 1.89. The summed E-state index contributed by atoms with van der Waals surface area (Å²) in [5.74, 6) is -1.26. The van der Waals surface area contributed by atoms with Gasteiger partial charge in [-0.2, -0.15) is 13.2 Å². The molecular formula is C27H24F3NO5. The van der Waals surface area contributed by atoms with Gasteiger partial charge in [0.15, 0.2) is 5.72 Å². The number of rotatable bonds is 7. The number of aryl methyl sites for hydroxylation is 1. The van der Waals surface area contributed by atoms with Gasteiger partial charge < -0.3 is 19.9 Å². The number of fused-ring (bicyclic) bond motifs is 1. The van der Waals surface area contributed by atoms with Gasteiger partial charge in [0, 0.05) is 24.8 Å². The summed E-state index contributed by atoms with van der Waals surface area (Å²) in [4.78, 5) is 24.4. The fourth-order valence-electron chi connectivity index (χ4n) is 4.38. The van der Waals surface area contributed by atoms with Crippen LogP contribution in [0.5, 0.6) is 5.75 Å². The summed E-state index contributed by atoms with van der Waals surface area (Å²) < 4.78 is 51.4. The molecule has 1 amide bonds.